The molecule has 0 amide bonds. The van der Waals surface area contributed by atoms with Crippen molar-refractivity contribution in [1.82, 2.24) is 19.3 Å². The number of aryl methyl sites for hydroxylation is 2. The van der Waals surface area contributed by atoms with Gasteiger partial charge in [0.25, 0.3) is 0 Å². The van der Waals surface area contributed by atoms with Crippen molar-refractivity contribution < 1.29 is 0 Å². The molecular formula is C17H20N4OS2. The first-order valence-electron chi connectivity index (χ1n) is 7.88. The Bertz CT molecular complexity index is 894. The average Bonchev–Trinajstić information content (AvgIpc) is 3.12. The van der Waals surface area contributed by atoms with Gasteiger partial charge in [0.15, 0.2) is 11.0 Å². The molecule has 0 bridgehead atoms. The smallest absolute Gasteiger partial charge is 0.303 e. The zero-order chi connectivity index (χ0) is 17.1. The number of benzene rings is 1. The first-order chi connectivity index (χ1) is 11.6. The van der Waals surface area contributed by atoms with E-state index in [1.807, 2.05) is 22.9 Å². The van der Waals surface area contributed by atoms with Gasteiger partial charge in [-0.2, -0.15) is 0 Å². The maximum absolute atomic E-state index is 11.8. The number of thioether (sulfide) groups is 1. The third-order valence-electron chi connectivity index (χ3n) is 3.83. The molecule has 0 unspecified atom stereocenters. The molecule has 0 aliphatic carbocycles. The number of hydrogen-bond acceptors (Lipinski definition) is 5. The lowest BCUT2D eigenvalue weighted by Gasteiger charge is -2.08. The van der Waals surface area contributed by atoms with Gasteiger partial charge in [0.1, 0.15) is 0 Å². The highest BCUT2D eigenvalue weighted by Crippen LogP contribution is 2.24. The Kier molecular flexibility index (Phi) is 5.20. The van der Waals surface area contributed by atoms with E-state index in [4.69, 9.17) is 0 Å². The molecule has 0 radical (unpaired) electrons. The monoisotopic (exact) mass is 360 g/mol. The highest BCUT2D eigenvalue weighted by atomic mass is 32.2. The molecule has 0 N–H and O–H groups in total. The molecule has 0 saturated heterocycles. The van der Waals surface area contributed by atoms with Gasteiger partial charge in [-0.25, -0.2) is 0 Å². The lowest BCUT2D eigenvalue weighted by molar-refractivity contribution is 0.683. The van der Waals surface area contributed by atoms with Crippen molar-refractivity contribution in [2.45, 2.75) is 39.0 Å². The number of aromatic nitrogens is 4. The van der Waals surface area contributed by atoms with Crippen LogP contribution in [0.4, 0.5) is 0 Å². The fraction of sp³-hybridized carbons (Fsp3) is 0.353. The number of nitrogens with zero attached hydrogens (tertiary/aromatic N) is 4. The number of rotatable bonds is 6. The molecule has 7 heteroatoms. The minimum absolute atomic E-state index is 0.102. The molecule has 2 aromatic heterocycles. The van der Waals surface area contributed by atoms with E-state index in [0.29, 0.717) is 6.54 Å². The van der Waals surface area contributed by atoms with Crippen molar-refractivity contribution in [2.24, 2.45) is 0 Å². The van der Waals surface area contributed by atoms with Crippen LogP contribution in [0.1, 0.15) is 18.2 Å². The highest BCUT2D eigenvalue weighted by molar-refractivity contribution is 7.99. The van der Waals surface area contributed by atoms with Crippen molar-refractivity contribution in [1.29, 1.82) is 0 Å². The Morgan fingerprint density at radius 3 is 2.71 bits per heavy atom. The van der Waals surface area contributed by atoms with Gasteiger partial charge in [-0.3, -0.25) is 4.79 Å². The minimum Gasteiger partial charge on any atom is -0.303 e. The molecule has 0 fully saturated rings. The van der Waals surface area contributed by atoms with Crippen molar-refractivity contribution >= 4 is 23.1 Å². The molecule has 24 heavy (non-hydrogen) atoms. The predicted octanol–water partition coefficient (Wildman–Crippen LogP) is 3.60. The van der Waals surface area contributed by atoms with Gasteiger partial charge >= 0.3 is 4.87 Å². The molecule has 0 aliphatic heterocycles. The van der Waals surface area contributed by atoms with Crippen LogP contribution in [0.2, 0.25) is 0 Å². The van der Waals surface area contributed by atoms with Crippen molar-refractivity contribution in [3.8, 4) is 11.4 Å². The molecule has 3 rings (SSSR count). The Morgan fingerprint density at radius 2 is 2.04 bits per heavy atom. The van der Waals surface area contributed by atoms with Gasteiger partial charge in [-0.15, -0.1) is 10.2 Å². The quantitative estimate of drug-likeness (QED) is 0.630. The van der Waals surface area contributed by atoms with Gasteiger partial charge in [-0.05, 0) is 26.8 Å². The van der Waals surface area contributed by atoms with Crippen molar-refractivity contribution in [2.75, 3.05) is 5.75 Å². The van der Waals surface area contributed by atoms with Crippen molar-refractivity contribution in [3.05, 3.63) is 50.6 Å². The second-order valence-electron chi connectivity index (χ2n) is 5.56. The second-order valence-corrected chi connectivity index (χ2v) is 7.45. The first kappa shape index (κ1) is 17.0. The third-order valence-corrected chi connectivity index (χ3v) is 5.66. The zero-order valence-electron chi connectivity index (χ0n) is 14.0. The van der Waals surface area contributed by atoms with Gasteiger partial charge in [0.2, 0.25) is 0 Å². The summed E-state index contributed by atoms with van der Waals surface area (Å²) >= 11 is 2.89. The molecule has 3 aromatic rings. The summed E-state index contributed by atoms with van der Waals surface area (Å²) < 4.78 is 3.94. The van der Waals surface area contributed by atoms with Gasteiger partial charge in [0.05, 0.1) is 0 Å². The predicted molar refractivity (Wildman–Crippen MR) is 99.9 cm³/mol. The summed E-state index contributed by atoms with van der Waals surface area (Å²) in [5.74, 6) is 1.69. The second kappa shape index (κ2) is 7.36. The lowest BCUT2D eigenvalue weighted by atomic mass is 10.1. The molecule has 0 aliphatic rings. The minimum atomic E-state index is 0.102. The van der Waals surface area contributed by atoms with E-state index in [1.165, 1.54) is 16.9 Å². The molecule has 126 valence electrons. The van der Waals surface area contributed by atoms with Crippen LogP contribution in [-0.4, -0.2) is 25.1 Å². The lowest BCUT2D eigenvalue weighted by Crippen LogP contribution is -2.16. The van der Waals surface area contributed by atoms with Crippen molar-refractivity contribution in [3.63, 3.8) is 0 Å². The van der Waals surface area contributed by atoms with Crippen LogP contribution in [0.15, 0.2) is 39.6 Å². The summed E-state index contributed by atoms with van der Waals surface area (Å²) in [7, 11) is 0. The van der Waals surface area contributed by atoms with Gasteiger partial charge < -0.3 is 9.13 Å². The van der Waals surface area contributed by atoms with Crippen LogP contribution < -0.4 is 4.87 Å². The molecule has 0 atom stereocenters. The van der Waals surface area contributed by atoms with Gasteiger partial charge in [-0.1, -0.05) is 46.9 Å². The van der Waals surface area contributed by atoms with E-state index in [-0.39, 0.29) is 4.87 Å². The molecule has 1 aromatic carbocycles. The molecule has 0 spiro atoms. The van der Waals surface area contributed by atoms with Crippen LogP contribution in [0.5, 0.6) is 0 Å². The van der Waals surface area contributed by atoms with E-state index in [9.17, 15) is 4.79 Å². The summed E-state index contributed by atoms with van der Waals surface area (Å²) in [6, 6.07) is 8.30. The number of thiazole rings is 1. The molecular weight excluding hydrogens is 340 g/mol. The topological polar surface area (TPSA) is 52.7 Å². The summed E-state index contributed by atoms with van der Waals surface area (Å²) in [4.78, 5) is 11.9. The van der Waals surface area contributed by atoms with Crippen LogP contribution in [-0.2, 0) is 13.1 Å². The highest BCUT2D eigenvalue weighted by Gasteiger charge is 2.13. The molecule has 2 heterocycles. The fourth-order valence-electron chi connectivity index (χ4n) is 2.58. The summed E-state index contributed by atoms with van der Waals surface area (Å²) in [6.07, 6.45) is 0. The van der Waals surface area contributed by atoms with Crippen LogP contribution in [0.3, 0.4) is 0 Å². The molecule has 5 nitrogen and oxygen atoms in total. The Hall–Kier alpha value is -1.86. The zero-order valence-corrected chi connectivity index (χ0v) is 15.7. The average molecular weight is 361 g/mol. The largest absolute Gasteiger partial charge is 0.307 e. The maximum Gasteiger partial charge on any atom is 0.307 e. The Morgan fingerprint density at radius 1 is 1.21 bits per heavy atom. The van der Waals surface area contributed by atoms with E-state index >= 15 is 0 Å². The number of hydrogen-bond donors (Lipinski definition) is 0. The van der Waals surface area contributed by atoms with E-state index in [2.05, 4.69) is 46.8 Å². The molecule has 0 saturated carbocycles. The third kappa shape index (κ3) is 3.47. The van der Waals surface area contributed by atoms with Gasteiger partial charge in [0, 0.05) is 35.5 Å². The summed E-state index contributed by atoms with van der Waals surface area (Å²) in [5, 5.41) is 11.5. The Labute approximate surface area is 149 Å². The van der Waals surface area contributed by atoms with Crippen LogP contribution >= 0.6 is 23.1 Å². The van der Waals surface area contributed by atoms with E-state index in [0.717, 1.165) is 34.5 Å². The summed E-state index contributed by atoms with van der Waals surface area (Å²) in [6.45, 7) is 7.64. The maximum atomic E-state index is 11.8. The van der Waals surface area contributed by atoms with Crippen LogP contribution in [0.25, 0.3) is 11.4 Å². The fourth-order valence-corrected chi connectivity index (χ4v) is 4.27. The SMILES string of the molecule is CCn1c(SCCn2c(C)csc2=O)nnc1-c1cccc(C)c1. The first-order valence-corrected chi connectivity index (χ1v) is 9.74. The normalized spacial score (nSPS) is 11.1. The van der Waals surface area contributed by atoms with E-state index in [1.54, 1.807) is 11.8 Å². The van der Waals surface area contributed by atoms with E-state index < -0.39 is 0 Å². The van der Waals surface area contributed by atoms with Crippen LogP contribution in [0, 0.1) is 13.8 Å². The standard InChI is InChI=1S/C17H20N4OS2/c1-4-20-15(14-7-5-6-12(2)10-14)18-19-16(20)23-9-8-21-13(3)11-24-17(21)22/h5-7,10-11H,4,8-9H2,1-3H3. The summed E-state index contributed by atoms with van der Waals surface area (Å²) in [5.41, 5.74) is 3.31. The Balaban J connectivity index is 1.76.